The van der Waals surface area contributed by atoms with Crippen molar-refractivity contribution in [2.45, 2.75) is 18.5 Å². The van der Waals surface area contributed by atoms with Gasteiger partial charge in [-0.15, -0.1) is 0 Å². The van der Waals surface area contributed by atoms with Crippen molar-refractivity contribution < 1.29 is 19.1 Å². The van der Waals surface area contributed by atoms with Gasteiger partial charge in [0.1, 0.15) is 5.82 Å². The minimum Gasteiger partial charge on any atom is -0.394 e. The molecule has 35 heavy (non-hydrogen) atoms. The lowest BCUT2D eigenvalue weighted by Crippen LogP contribution is -2.43. The smallest absolute Gasteiger partial charge is 0.257 e. The van der Waals surface area contributed by atoms with Gasteiger partial charge in [-0.2, -0.15) is 0 Å². The van der Waals surface area contributed by atoms with E-state index >= 15 is 0 Å². The molecule has 1 fully saturated rings. The number of halogens is 1. The maximum absolute atomic E-state index is 14.5. The third-order valence-electron chi connectivity index (χ3n) is 7.11. The fourth-order valence-corrected chi connectivity index (χ4v) is 5.32. The molecule has 2 heterocycles. The topological polar surface area (TPSA) is 72.9 Å². The molecule has 6 nitrogen and oxygen atoms in total. The van der Waals surface area contributed by atoms with Gasteiger partial charge in [-0.1, -0.05) is 30.3 Å². The summed E-state index contributed by atoms with van der Waals surface area (Å²) in [5.74, 6) is -0.914. The van der Waals surface area contributed by atoms with Crippen LogP contribution in [0.15, 0.2) is 66.7 Å². The lowest BCUT2D eigenvalue weighted by molar-refractivity contribution is 0.0696. The van der Waals surface area contributed by atoms with Gasteiger partial charge in [0.25, 0.3) is 11.8 Å². The predicted octanol–water partition coefficient (Wildman–Crippen LogP) is 4.18. The zero-order valence-electron chi connectivity index (χ0n) is 19.7. The lowest BCUT2D eigenvalue weighted by Gasteiger charge is -2.39. The monoisotopic (exact) mass is 473 g/mol. The molecule has 0 unspecified atom stereocenters. The summed E-state index contributed by atoms with van der Waals surface area (Å²) in [4.78, 5) is 28.9. The Kier molecular flexibility index (Phi) is 6.03. The molecule has 0 aromatic heterocycles. The first kappa shape index (κ1) is 23.1. The molecular weight excluding hydrogens is 445 g/mol. The molecule has 1 saturated heterocycles. The van der Waals surface area contributed by atoms with Crippen LogP contribution in [0.5, 0.6) is 0 Å². The van der Waals surface area contributed by atoms with E-state index in [2.05, 4.69) is 11.4 Å². The number of likely N-dealkylation sites (tertiary alicyclic amines) is 1. The Hall–Kier alpha value is -3.71. The Morgan fingerprint density at radius 1 is 1.06 bits per heavy atom. The van der Waals surface area contributed by atoms with Gasteiger partial charge in [0.05, 0.1) is 24.3 Å². The van der Waals surface area contributed by atoms with Crippen LogP contribution in [0, 0.1) is 11.7 Å². The summed E-state index contributed by atoms with van der Waals surface area (Å²) in [5.41, 5.74) is 4.40. The second kappa shape index (κ2) is 9.15. The highest BCUT2D eigenvalue weighted by atomic mass is 19.1. The van der Waals surface area contributed by atoms with E-state index in [0.717, 1.165) is 22.4 Å². The van der Waals surface area contributed by atoms with E-state index in [-0.39, 0.29) is 42.0 Å². The van der Waals surface area contributed by atoms with Crippen LogP contribution in [0.4, 0.5) is 10.1 Å². The Labute approximate surface area is 204 Å². The summed E-state index contributed by atoms with van der Waals surface area (Å²) in [7, 11) is 3.44. The molecule has 5 rings (SSSR count). The maximum Gasteiger partial charge on any atom is 0.257 e. The molecule has 2 aliphatic heterocycles. The molecule has 3 aromatic rings. The number of carbonyl (C=O) groups is 2. The van der Waals surface area contributed by atoms with Crippen molar-refractivity contribution in [3.05, 3.63) is 89.2 Å². The number of carbonyl (C=O) groups excluding carboxylic acids is 2. The molecular formula is C28H28FN3O3. The van der Waals surface area contributed by atoms with Crippen molar-refractivity contribution in [2.24, 2.45) is 5.92 Å². The largest absolute Gasteiger partial charge is 0.394 e. The van der Waals surface area contributed by atoms with E-state index in [1.807, 2.05) is 36.4 Å². The van der Waals surface area contributed by atoms with Gasteiger partial charge in [0.15, 0.2) is 0 Å². The van der Waals surface area contributed by atoms with E-state index in [1.165, 1.54) is 12.1 Å². The first-order valence-corrected chi connectivity index (χ1v) is 11.8. The summed E-state index contributed by atoms with van der Waals surface area (Å²) >= 11 is 0. The molecule has 3 atom stereocenters. The molecule has 180 valence electrons. The number of amides is 2. The zero-order valence-corrected chi connectivity index (χ0v) is 19.7. The molecule has 2 amide bonds. The number of rotatable bonds is 4. The molecule has 0 radical (unpaired) electrons. The fourth-order valence-electron chi connectivity index (χ4n) is 5.32. The Bertz CT molecular complexity index is 1270. The van der Waals surface area contributed by atoms with Crippen molar-refractivity contribution in [2.75, 3.05) is 32.6 Å². The van der Waals surface area contributed by atoms with Crippen LogP contribution in [0.25, 0.3) is 11.1 Å². The number of nitrogens with zero attached hydrogens (tertiary/aromatic N) is 2. The minimum absolute atomic E-state index is 0.0126. The molecule has 2 N–H and O–H groups in total. The van der Waals surface area contributed by atoms with Crippen LogP contribution in [0.3, 0.4) is 0 Å². The second-order valence-electron chi connectivity index (χ2n) is 9.39. The van der Waals surface area contributed by atoms with Crippen molar-refractivity contribution in [1.82, 2.24) is 9.80 Å². The van der Waals surface area contributed by atoms with Crippen LogP contribution >= 0.6 is 0 Å². The van der Waals surface area contributed by atoms with Gasteiger partial charge in [-0.3, -0.25) is 9.59 Å². The Morgan fingerprint density at radius 2 is 1.77 bits per heavy atom. The van der Waals surface area contributed by atoms with Gasteiger partial charge < -0.3 is 20.2 Å². The molecule has 0 aliphatic carbocycles. The number of benzene rings is 3. The minimum atomic E-state index is -0.532. The van der Waals surface area contributed by atoms with Gasteiger partial charge in [0.2, 0.25) is 0 Å². The molecule has 0 bridgehead atoms. The highest BCUT2D eigenvalue weighted by Gasteiger charge is 2.46. The van der Waals surface area contributed by atoms with E-state index in [4.69, 9.17) is 0 Å². The molecule has 3 aromatic carbocycles. The summed E-state index contributed by atoms with van der Waals surface area (Å²) < 4.78 is 14.5. The second-order valence-corrected chi connectivity index (χ2v) is 9.39. The number of hydrogen-bond donors (Lipinski definition) is 2. The van der Waals surface area contributed by atoms with E-state index in [1.54, 1.807) is 36.0 Å². The van der Waals surface area contributed by atoms with Crippen LogP contribution in [0.2, 0.25) is 0 Å². The fraction of sp³-hybridized carbons (Fsp3) is 0.286. The first-order chi connectivity index (χ1) is 16.9. The summed E-state index contributed by atoms with van der Waals surface area (Å²) in [6, 6.07) is 19.1. The van der Waals surface area contributed by atoms with Gasteiger partial charge in [-0.05, 0) is 59.5 Å². The highest BCUT2D eigenvalue weighted by molar-refractivity contribution is 5.95. The third-order valence-corrected chi connectivity index (χ3v) is 7.11. The van der Waals surface area contributed by atoms with E-state index in [9.17, 15) is 19.1 Å². The summed E-state index contributed by atoms with van der Waals surface area (Å²) in [5, 5.41) is 13.5. The molecule has 7 heteroatoms. The molecule has 2 aliphatic rings. The third kappa shape index (κ3) is 4.06. The lowest BCUT2D eigenvalue weighted by atomic mass is 9.82. The zero-order chi connectivity index (χ0) is 24.7. The quantitative estimate of drug-likeness (QED) is 0.596. The van der Waals surface area contributed by atoms with Crippen LogP contribution in [-0.4, -0.2) is 60.0 Å². The van der Waals surface area contributed by atoms with Crippen molar-refractivity contribution in [1.29, 1.82) is 0 Å². The normalized spacial score (nSPS) is 20.6. The number of nitrogens with one attached hydrogen (secondary N) is 1. The van der Waals surface area contributed by atoms with Gasteiger partial charge in [0, 0.05) is 37.8 Å². The van der Waals surface area contributed by atoms with Gasteiger partial charge in [-0.25, -0.2) is 4.39 Å². The van der Waals surface area contributed by atoms with Crippen molar-refractivity contribution in [3.63, 3.8) is 0 Å². The standard InChI is InChI=1S/C28H28FN3O3/c1-31(2)27(34)18-9-7-17(8-10-18)19-11-12-24-22(15-19)26-21(25(16-33)30-24)13-14-32(26)28(35)20-5-3-4-6-23(20)29/h3-12,15,21,25-26,30,33H,13-14,16H2,1-2H3/t21-,25+,26-/m1/s1. The molecule has 0 spiro atoms. The average Bonchev–Trinajstić information content (AvgIpc) is 3.33. The number of anilines is 1. The SMILES string of the molecule is CN(C)C(=O)c1ccc(-c2ccc3c(c2)[C@H]2[C@H](CCN2C(=O)c2ccccc2F)[C@H](CO)N3)cc1. The number of aliphatic hydroxyl groups excluding tert-OH is 1. The first-order valence-electron chi connectivity index (χ1n) is 11.8. The van der Waals surface area contributed by atoms with E-state index in [0.29, 0.717) is 18.5 Å². The van der Waals surface area contributed by atoms with Crippen LogP contribution < -0.4 is 5.32 Å². The number of fused-ring (bicyclic) bond motifs is 3. The highest BCUT2D eigenvalue weighted by Crippen LogP contribution is 2.47. The maximum atomic E-state index is 14.5. The molecule has 0 saturated carbocycles. The Balaban J connectivity index is 1.53. The van der Waals surface area contributed by atoms with Gasteiger partial charge >= 0.3 is 0 Å². The van der Waals surface area contributed by atoms with Crippen molar-refractivity contribution in [3.8, 4) is 11.1 Å². The van der Waals surface area contributed by atoms with Crippen LogP contribution in [-0.2, 0) is 0 Å². The van der Waals surface area contributed by atoms with Crippen molar-refractivity contribution >= 4 is 17.5 Å². The average molecular weight is 474 g/mol. The Morgan fingerprint density at radius 3 is 2.46 bits per heavy atom. The summed E-state index contributed by atoms with van der Waals surface area (Å²) in [6.45, 7) is 0.442. The number of hydrogen-bond acceptors (Lipinski definition) is 4. The predicted molar refractivity (Wildman–Crippen MR) is 133 cm³/mol. The van der Waals surface area contributed by atoms with E-state index < -0.39 is 5.82 Å². The van der Waals surface area contributed by atoms with Crippen LogP contribution in [0.1, 0.15) is 38.7 Å². The summed E-state index contributed by atoms with van der Waals surface area (Å²) in [6.07, 6.45) is 0.716. The number of aliphatic hydroxyl groups is 1.